The third-order valence-electron chi connectivity index (χ3n) is 2.71. The minimum atomic E-state index is -2.79. The lowest BCUT2D eigenvalue weighted by Gasteiger charge is -2.39. The van der Waals surface area contributed by atoms with Crippen molar-refractivity contribution in [1.82, 2.24) is 0 Å². The average molecular weight is 279 g/mol. The Kier molecular flexibility index (Phi) is 8.25. The largest absolute Gasteiger partial charge is 0.502 e. The first-order valence-corrected chi connectivity index (χ1v) is 8.75. The summed E-state index contributed by atoms with van der Waals surface area (Å²) in [5, 5.41) is 9.91. The molecule has 0 amide bonds. The topological polar surface area (TPSA) is 73.9 Å². The normalized spacial score (nSPS) is 17.5. The molecular weight excluding hydrogens is 250 g/mol. The van der Waals surface area contributed by atoms with Crippen LogP contribution in [0.4, 0.5) is 0 Å². The van der Waals surface area contributed by atoms with E-state index in [4.69, 9.17) is 19.0 Å². The lowest BCUT2D eigenvalue weighted by atomic mass is 10.1. The van der Waals surface area contributed by atoms with Crippen LogP contribution in [0.1, 0.15) is 47.5 Å². The number of rotatable bonds is 10. The molecule has 2 unspecified atom stereocenters. The molecule has 5 nitrogen and oxygen atoms in total. The molecule has 6 heteroatoms. The van der Waals surface area contributed by atoms with Crippen LogP contribution in [0.3, 0.4) is 0 Å². The monoisotopic (exact) mass is 279 g/mol. The Bertz CT molecular complexity index is 209. The Morgan fingerprint density at radius 2 is 1.67 bits per heavy atom. The van der Waals surface area contributed by atoms with Crippen LogP contribution in [0.5, 0.6) is 0 Å². The summed E-state index contributed by atoms with van der Waals surface area (Å²) in [5.41, 5.74) is 4.91. The molecule has 0 spiro atoms. The lowest BCUT2D eigenvalue weighted by Crippen LogP contribution is -2.60. The molecule has 110 valence electrons. The molecule has 2 atom stereocenters. The van der Waals surface area contributed by atoms with Crippen LogP contribution in [0.25, 0.3) is 0 Å². The fraction of sp³-hybridized carbons (Fsp3) is 1.00. The van der Waals surface area contributed by atoms with Gasteiger partial charge in [0.05, 0.1) is 6.10 Å². The summed E-state index contributed by atoms with van der Waals surface area (Å²) < 4.78 is 17.4. The van der Waals surface area contributed by atoms with E-state index >= 15 is 0 Å². The zero-order valence-corrected chi connectivity index (χ0v) is 13.4. The van der Waals surface area contributed by atoms with Crippen LogP contribution in [-0.2, 0) is 13.3 Å². The van der Waals surface area contributed by atoms with Crippen LogP contribution < -0.4 is 5.73 Å². The van der Waals surface area contributed by atoms with Gasteiger partial charge in [-0.1, -0.05) is 20.3 Å². The highest BCUT2D eigenvalue weighted by atomic mass is 28.4. The second kappa shape index (κ2) is 8.24. The van der Waals surface area contributed by atoms with E-state index in [0.29, 0.717) is 25.7 Å². The predicted octanol–water partition coefficient (Wildman–Crippen LogP) is 1.87. The van der Waals surface area contributed by atoms with E-state index < -0.39 is 20.6 Å². The van der Waals surface area contributed by atoms with E-state index in [2.05, 4.69) is 0 Å². The summed E-state index contributed by atoms with van der Waals surface area (Å²) in [6.45, 7) is 10.4. The molecule has 0 aliphatic heterocycles. The average Bonchev–Trinajstić information content (AvgIpc) is 2.28. The van der Waals surface area contributed by atoms with Gasteiger partial charge in [0.15, 0.2) is 0 Å². The number of aliphatic hydroxyl groups excluding tert-OH is 1. The van der Waals surface area contributed by atoms with Crippen molar-refractivity contribution in [2.75, 3.05) is 13.2 Å². The Labute approximate surface area is 112 Å². The SMILES string of the molecule is CCC[Si](OCC)(OCC)OC(C)(N)C(O)CC. The molecule has 0 heterocycles. The molecule has 0 saturated heterocycles. The van der Waals surface area contributed by atoms with Crippen LogP contribution in [-0.4, -0.2) is 39.0 Å². The van der Waals surface area contributed by atoms with Crippen molar-refractivity contribution in [3.05, 3.63) is 0 Å². The van der Waals surface area contributed by atoms with Crippen molar-refractivity contribution in [1.29, 1.82) is 0 Å². The first-order valence-electron chi connectivity index (χ1n) is 6.82. The maximum atomic E-state index is 9.91. The van der Waals surface area contributed by atoms with E-state index in [9.17, 15) is 5.11 Å². The van der Waals surface area contributed by atoms with Gasteiger partial charge in [0.25, 0.3) is 0 Å². The summed E-state index contributed by atoms with van der Waals surface area (Å²) in [4.78, 5) is 0. The van der Waals surface area contributed by atoms with Gasteiger partial charge in [0.1, 0.15) is 5.72 Å². The Morgan fingerprint density at radius 3 is 2.00 bits per heavy atom. The summed E-state index contributed by atoms with van der Waals surface area (Å²) >= 11 is 0. The molecule has 0 radical (unpaired) electrons. The van der Waals surface area contributed by atoms with Crippen molar-refractivity contribution >= 4 is 8.80 Å². The number of hydrogen-bond acceptors (Lipinski definition) is 5. The molecule has 18 heavy (non-hydrogen) atoms. The van der Waals surface area contributed by atoms with Gasteiger partial charge in [-0.3, -0.25) is 0 Å². The van der Waals surface area contributed by atoms with Crippen molar-refractivity contribution in [2.45, 2.75) is 65.3 Å². The number of aliphatic hydroxyl groups is 1. The lowest BCUT2D eigenvalue weighted by molar-refractivity contribution is -0.0879. The third kappa shape index (κ3) is 5.34. The zero-order chi connectivity index (χ0) is 14.2. The second-order valence-electron chi connectivity index (χ2n) is 4.51. The minimum absolute atomic E-state index is 0.518. The van der Waals surface area contributed by atoms with Crippen LogP contribution in [0, 0.1) is 0 Å². The first kappa shape index (κ1) is 18.0. The highest BCUT2D eigenvalue weighted by molar-refractivity contribution is 6.60. The molecule has 0 aliphatic rings. The molecule has 0 saturated carbocycles. The van der Waals surface area contributed by atoms with Gasteiger partial charge in [0, 0.05) is 19.3 Å². The molecule has 0 aromatic carbocycles. The Balaban J connectivity index is 4.94. The van der Waals surface area contributed by atoms with Crippen molar-refractivity contribution in [3.8, 4) is 0 Å². The Morgan fingerprint density at radius 1 is 1.17 bits per heavy atom. The fourth-order valence-electron chi connectivity index (χ4n) is 1.85. The van der Waals surface area contributed by atoms with Crippen molar-refractivity contribution in [3.63, 3.8) is 0 Å². The standard InChI is InChI=1S/C12H29NO4Si/c1-6-10-18(15-8-3,16-9-4)17-12(5,13)11(14)7-2/h11,14H,6-10,13H2,1-5H3. The van der Waals surface area contributed by atoms with Crippen molar-refractivity contribution in [2.24, 2.45) is 5.73 Å². The molecule has 0 aliphatic carbocycles. The van der Waals surface area contributed by atoms with E-state index in [1.807, 2.05) is 27.7 Å². The molecule has 0 fully saturated rings. The second-order valence-corrected chi connectivity index (χ2v) is 7.16. The smallest absolute Gasteiger partial charge is 0.389 e. The quantitative estimate of drug-likeness (QED) is 0.472. The van der Waals surface area contributed by atoms with Gasteiger partial charge in [-0.15, -0.1) is 0 Å². The summed E-state index contributed by atoms with van der Waals surface area (Å²) in [6.07, 6.45) is 0.689. The van der Waals surface area contributed by atoms with Gasteiger partial charge >= 0.3 is 8.80 Å². The molecule has 0 aromatic heterocycles. The van der Waals surface area contributed by atoms with E-state index in [-0.39, 0.29) is 0 Å². The number of nitrogens with two attached hydrogens (primary N) is 1. The summed E-state index contributed by atoms with van der Waals surface area (Å²) in [6, 6.07) is 0.706. The van der Waals surface area contributed by atoms with Gasteiger partial charge < -0.3 is 24.1 Å². The number of hydrogen-bond donors (Lipinski definition) is 2. The minimum Gasteiger partial charge on any atom is -0.389 e. The highest BCUT2D eigenvalue weighted by Crippen LogP contribution is 2.25. The predicted molar refractivity (Wildman–Crippen MR) is 74.1 cm³/mol. The summed E-state index contributed by atoms with van der Waals surface area (Å²) in [7, 11) is -2.79. The Hall–Kier alpha value is 0.0169. The molecule has 0 rings (SSSR count). The van der Waals surface area contributed by atoms with E-state index in [1.54, 1.807) is 6.92 Å². The van der Waals surface area contributed by atoms with E-state index in [0.717, 1.165) is 6.42 Å². The van der Waals surface area contributed by atoms with Gasteiger partial charge in [-0.2, -0.15) is 0 Å². The maximum absolute atomic E-state index is 9.91. The van der Waals surface area contributed by atoms with E-state index in [1.165, 1.54) is 0 Å². The van der Waals surface area contributed by atoms with Crippen molar-refractivity contribution < 1.29 is 18.4 Å². The zero-order valence-electron chi connectivity index (χ0n) is 12.4. The summed E-state index contributed by atoms with van der Waals surface area (Å²) in [5.74, 6) is 0. The molecule has 3 N–H and O–H groups in total. The maximum Gasteiger partial charge on any atom is 0.502 e. The van der Waals surface area contributed by atoms with Crippen LogP contribution in [0.2, 0.25) is 6.04 Å². The fourth-order valence-corrected chi connectivity index (χ4v) is 4.74. The molecular formula is C12H29NO4Si. The molecule has 0 aromatic rings. The van der Waals surface area contributed by atoms with Gasteiger partial charge in [0.2, 0.25) is 0 Å². The first-order chi connectivity index (χ1) is 8.37. The highest BCUT2D eigenvalue weighted by Gasteiger charge is 2.46. The van der Waals surface area contributed by atoms with Crippen LogP contribution >= 0.6 is 0 Å². The van der Waals surface area contributed by atoms with Gasteiger partial charge in [-0.05, 0) is 27.2 Å². The molecule has 0 bridgehead atoms. The van der Waals surface area contributed by atoms with Gasteiger partial charge in [-0.25, -0.2) is 0 Å². The van der Waals surface area contributed by atoms with Crippen LogP contribution in [0.15, 0.2) is 0 Å². The third-order valence-corrected chi connectivity index (χ3v) is 6.03.